The highest BCUT2D eigenvalue weighted by molar-refractivity contribution is 6.00. The smallest absolute Gasteiger partial charge is 0.272 e. The first-order valence-corrected chi connectivity index (χ1v) is 7.52. The number of benzene rings is 1. The Morgan fingerprint density at radius 3 is 2.76 bits per heavy atom. The van der Waals surface area contributed by atoms with Crippen LogP contribution < -0.4 is 5.73 Å². The third kappa shape index (κ3) is 2.84. The van der Waals surface area contributed by atoms with Crippen LogP contribution in [-0.4, -0.2) is 28.4 Å². The van der Waals surface area contributed by atoms with Crippen LogP contribution in [0.2, 0.25) is 0 Å². The highest BCUT2D eigenvalue weighted by Crippen LogP contribution is 2.29. The predicted octanol–water partition coefficient (Wildman–Crippen LogP) is 3.08. The zero-order valence-electron chi connectivity index (χ0n) is 12.5. The Kier molecular flexibility index (Phi) is 3.53. The predicted molar refractivity (Wildman–Crippen MR) is 85.1 cm³/mol. The minimum atomic E-state index is 0.00338. The average molecular weight is 283 g/mol. The van der Waals surface area contributed by atoms with Crippen LogP contribution in [0.4, 0.5) is 5.82 Å². The summed E-state index contributed by atoms with van der Waals surface area (Å²) in [7, 11) is 0. The monoisotopic (exact) mass is 283 g/mol. The van der Waals surface area contributed by atoms with Crippen molar-refractivity contribution in [1.82, 2.24) is 9.88 Å². The standard InChI is InChI=1S/C17H21N3O/c1-11(2)10-20(13-7-8-13)17(21)15-9-12-5-3-4-6-14(12)16(18)19-15/h3-6,9,11,13H,7-8,10H2,1-2H3,(H2,18,19). The van der Waals surface area contributed by atoms with Gasteiger partial charge in [0.1, 0.15) is 11.5 Å². The molecule has 1 aromatic carbocycles. The average Bonchev–Trinajstić information content (AvgIpc) is 3.28. The molecule has 1 aromatic heterocycles. The Hall–Kier alpha value is -2.10. The first-order chi connectivity index (χ1) is 10.1. The number of nitrogens with two attached hydrogens (primary N) is 1. The fourth-order valence-corrected chi connectivity index (χ4v) is 2.66. The van der Waals surface area contributed by atoms with Gasteiger partial charge >= 0.3 is 0 Å². The van der Waals surface area contributed by atoms with Crippen LogP contribution in [0.1, 0.15) is 37.2 Å². The van der Waals surface area contributed by atoms with E-state index in [1.165, 1.54) is 0 Å². The van der Waals surface area contributed by atoms with E-state index < -0.39 is 0 Å². The number of hydrogen-bond acceptors (Lipinski definition) is 3. The van der Waals surface area contributed by atoms with Gasteiger partial charge in [0, 0.05) is 18.0 Å². The van der Waals surface area contributed by atoms with Crippen LogP contribution in [-0.2, 0) is 0 Å². The van der Waals surface area contributed by atoms with Gasteiger partial charge in [0.25, 0.3) is 5.91 Å². The molecule has 0 saturated heterocycles. The number of aromatic nitrogens is 1. The molecule has 1 fully saturated rings. The summed E-state index contributed by atoms with van der Waals surface area (Å²) in [5.41, 5.74) is 6.46. The number of carbonyl (C=O) groups excluding carboxylic acids is 1. The number of pyridine rings is 1. The Morgan fingerprint density at radius 1 is 1.38 bits per heavy atom. The number of nitrogens with zero attached hydrogens (tertiary/aromatic N) is 2. The van der Waals surface area contributed by atoms with Crippen molar-refractivity contribution in [2.45, 2.75) is 32.7 Å². The van der Waals surface area contributed by atoms with Crippen LogP contribution >= 0.6 is 0 Å². The highest BCUT2D eigenvalue weighted by atomic mass is 16.2. The summed E-state index contributed by atoms with van der Waals surface area (Å²) in [6.07, 6.45) is 2.20. The number of fused-ring (bicyclic) bond motifs is 1. The quantitative estimate of drug-likeness (QED) is 0.938. The van der Waals surface area contributed by atoms with E-state index in [-0.39, 0.29) is 5.91 Å². The Balaban J connectivity index is 1.96. The van der Waals surface area contributed by atoms with Gasteiger partial charge in [0.15, 0.2) is 0 Å². The first kappa shape index (κ1) is 13.9. The van der Waals surface area contributed by atoms with Crippen molar-refractivity contribution < 1.29 is 4.79 Å². The Bertz CT molecular complexity index is 677. The van der Waals surface area contributed by atoms with E-state index in [9.17, 15) is 4.79 Å². The maximum Gasteiger partial charge on any atom is 0.272 e. The summed E-state index contributed by atoms with van der Waals surface area (Å²) in [4.78, 5) is 19.1. The topological polar surface area (TPSA) is 59.2 Å². The molecule has 3 rings (SSSR count). The summed E-state index contributed by atoms with van der Waals surface area (Å²) in [6, 6.07) is 10.0. The highest BCUT2D eigenvalue weighted by Gasteiger charge is 2.34. The summed E-state index contributed by atoms with van der Waals surface area (Å²) >= 11 is 0. The fraction of sp³-hybridized carbons (Fsp3) is 0.412. The Morgan fingerprint density at radius 2 is 2.10 bits per heavy atom. The van der Waals surface area contributed by atoms with E-state index in [4.69, 9.17) is 5.73 Å². The fourth-order valence-electron chi connectivity index (χ4n) is 2.66. The van der Waals surface area contributed by atoms with Gasteiger partial charge in [-0.1, -0.05) is 38.1 Å². The van der Waals surface area contributed by atoms with Crippen LogP contribution in [0.3, 0.4) is 0 Å². The molecule has 2 N–H and O–H groups in total. The molecule has 1 aliphatic carbocycles. The zero-order chi connectivity index (χ0) is 15.0. The lowest BCUT2D eigenvalue weighted by Gasteiger charge is -2.24. The molecular weight excluding hydrogens is 262 g/mol. The van der Waals surface area contributed by atoms with E-state index in [1.54, 1.807) is 0 Å². The van der Waals surface area contributed by atoms with Gasteiger partial charge in [-0.05, 0) is 30.2 Å². The molecule has 4 heteroatoms. The number of hydrogen-bond donors (Lipinski definition) is 1. The van der Waals surface area contributed by atoms with Crippen molar-refractivity contribution in [1.29, 1.82) is 0 Å². The minimum Gasteiger partial charge on any atom is -0.383 e. The molecule has 21 heavy (non-hydrogen) atoms. The van der Waals surface area contributed by atoms with Crippen molar-refractivity contribution in [3.05, 3.63) is 36.0 Å². The van der Waals surface area contributed by atoms with E-state index in [0.29, 0.717) is 23.5 Å². The van der Waals surface area contributed by atoms with Gasteiger partial charge in [-0.3, -0.25) is 4.79 Å². The molecule has 0 aliphatic heterocycles. The van der Waals surface area contributed by atoms with Crippen molar-refractivity contribution >= 4 is 22.5 Å². The molecule has 0 radical (unpaired) electrons. The molecule has 0 bridgehead atoms. The normalized spacial score (nSPS) is 14.6. The van der Waals surface area contributed by atoms with Gasteiger partial charge in [0.05, 0.1) is 0 Å². The number of amides is 1. The molecule has 2 aromatic rings. The summed E-state index contributed by atoms with van der Waals surface area (Å²) in [6.45, 7) is 5.04. The number of carbonyl (C=O) groups is 1. The van der Waals surface area contributed by atoms with Crippen LogP contribution in [0.5, 0.6) is 0 Å². The lowest BCUT2D eigenvalue weighted by molar-refractivity contribution is 0.0717. The second kappa shape index (κ2) is 5.35. The summed E-state index contributed by atoms with van der Waals surface area (Å²) in [5, 5.41) is 1.87. The second-order valence-corrected chi connectivity index (χ2v) is 6.20. The Labute approximate surface area is 125 Å². The van der Waals surface area contributed by atoms with Gasteiger partial charge in [0.2, 0.25) is 0 Å². The SMILES string of the molecule is CC(C)CN(C(=O)c1cc2ccccc2c(N)n1)C1CC1. The molecule has 1 saturated carbocycles. The number of nitrogen functional groups attached to an aromatic ring is 1. The lowest BCUT2D eigenvalue weighted by Crippen LogP contribution is -2.36. The van der Waals surface area contributed by atoms with Gasteiger partial charge < -0.3 is 10.6 Å². The molecule has 4 nitrogen and oxygen atoms in total. The van der Waals surface area contributed by atoms with Crippen molar-refractivity contribution in [2.24, 2.45) is 5.92 Å². The number of rotatable bonds is 4. The maximum absolute atomic E-state index is 12.8. The molecule has 0 spiro atoms. The van der Waals surface area contributed by atoms with Gasteiger partial charge in [-0.2, -0.15) is 0 Å². The summed E-state index contributed by atoms with van der Waals surface area (Å²) < 4.78 is 0. The third-order valence-electron chi connectivity index (χ3n) is 3.80. The van der Waals surface area contributed by atoms with Crippen LogP contribution in [0, 0.1) is 5.92 Å². The molecule has 110 valence electrons. The van der Waals surface area contributed by atoms with Crippen molar-refractivity contribution in [2.75, 3.05) is 12.3 Å². The molecule has 1 aliphatic rings. The molecule has 1 amide bonds. The van der Waals surface area contributed by atoms with Crippen LogP contribution in [0.15, 0.2) is 30.3 Å². The van der Waals surface area contributed by atoms with Gasteiger partial charge in [-0.25, -0.2) is 4.98 Å². The third-order valence-corrected chi connectivity index (χ3v) is 3.80. The van der Waals surface area contributed by atoms with Gasteiger partial charge in [-0.15, -0.1) is 0 Å². The van der Waals surface area contributed by atoms with E-state index >= 15 is 0 Å². The zero-order valence-corrected chi connectivity index (χ0v) is 12.5. The first-order valence-electron chi connectivity index (χ1n) is 7.52. The summed E-state index contributed by atoms with van der Waals surface area (Å²) in [5.74, 6) is 0.882. The second-order valence-electron chi connectivity index (χ2n) is 6.20. The maximum atomic E-state index is 12.8. The molecule has 1 heterocycles. The molecule has 0 unspecified atom stereocenters. The largest absolute Gasteiger partial charge is 0.383 e. The van der Waals surface area contributed by atoms with E-state index in [1.807, 2.05) is 35.2 Å². The molecule has 0 atom stereocenters. The van der Waals surface area contributed by atoms with E-state index in [2.05, 4.69) is 18.8 Å². The van der Waals surface area contributed by atoms with Crippen LogP contribution in [0.25, 0.3) is 10.8 Å². The van der Waals surface area contributed by atoms with E-state index in [0.717, 1.165) is 30.2 Å². The van der Waals surface area contributed by atoms with Crippen molar-refractivity contribution in [3.8, 4) is 0 Å². The lowest BCUT2D eigenvalue weighted by atomic mass is 10.1. The minimum absolute atomic E-state index is 0.00338. The molecular formula is C17H21N3O. The van der Waals surface area contributed by atoms with Crippen molar-refractivity contribution in [3.63, 3.8) is 0 Å². The number of anilines is 1.